The molecule has 0 radical (unpaired) electrons. The predicted octanol–water partition coefficient (Wildman–Crippen LogP) is 15.8. The molecule has 0 aromatic carbocycles. The maximum absolute atomic E-state index is 12.7. The molecule has 3 unspecified atom stereocenters. The second-order valence-electron chi connectivity index (χ2n) is 18.0. The molecule has 380 valence electrons. The van der Waals surface area contributed by atoms with E-state index in [1.807, 2.05) is 0 Å². The average Bonchev–Trinajstić information content (AvgIpc) is 3.29. The monoisotopic (exact) mass is 938 g/mol. The van der Waals surface area contributed by atoms with E-state index < -0.39 is 45.1 Å². The fourth-order valence-corrected chi connectivity index (χ4v) is 8.21. The van der Waals surface area contributed by atoms with Crippen molar-refractivity contribution in [3.8, 4) is 0 Å². The molecule has 0 bridgehead atoms. The number of nitrogens with two attached hydrogens (primary N) is 1. The lowest BCUT2D eigenvalue weighted by Gasteiger charge is -2.20. The molecule has 65 heavy (non-hydrogen) atoms. The summed E-state index contributed by atoms with van der Waals surface area (Å²) < 4.78 is 33.5. The van der Waals surface area contributed by atoms with Crippen molar-refractivity contribution < 1.29 is 42.7 Å². The van der Waals surface area contributed by atoms with Gasteiger partial charge in [-0.05, 0) is 77.0 Å². The Bertz CT molecular complexity index is 1220. The van der Waals surface area contributed by atoms with Gasteiger partial charge >= 0.3 is 19.8 Å². The number of carbonyl (C=O) groups excluding carboxylic acids is 1. The van der Waals surface area contributed by atoms with Crippen LogP contribution in [0.25, 0.3) is 0 Å². The maximum Gasteiger partial charge on any atom is 0.472 e. The summed E-state index contributed by atoms with van der Waals surface area (Å²) >= 11 is 0. The average molecular weight is 938 g/mol. The third-order valence-electron chi connectivity index (χ3n) is 11.6. The van der Waals surface area contributed by atoms with Crippen LogP contribution < -0.4 is 5.73 Å². The minimum Gasteiger partial charge on any atom is -0.480 e. The van der Waals surface area contributed by atoms with E-state index in [1.165, 1.54) is 161 Å². The van der Waals surface area contributed by atoms with Crippen molar-refractivity contribution >= 4 is 19.8 Å². The molecular formula is C54H100NO9P. The lowest BCUT2D eigenvalue weighted by molar-refractivity contribution is -0.154. The van der Waals surface area contributed by atoms with Crippen LogP contribution in [0, 0.1) is 0 Å². The van der Waals surface area contributed by atoms with Crippen molar-refractivity contribution in [2.75, 3.05) is 26.4 Å². The summed E-state index contributed by atoms with van der Waals surface area (Å²) in [6, 6.07) is -1.48. The molecule has 4 N–H and O–H groups in total. The van der Waals surface area contributed by atoms with E-state index in [0.29, 0.717) is 13.0 Å². The predicted molar refractivity (Wildman–Crippen MR) is 272 cm³/mol. The van der Waals surface area contributed by atoms with Gasteiger partial charge in [0.15, 0.2) is 0 Å². The highest BCUT2D eigenvalue weighted by atomic mass is 31.2. The van der Waals surface area contributed by atoms with Crippen LogP contribution in [0.1, 0.15) is 245 Å². The fraction of sp³-hybridized carbons (Fsp3) is 0.815. The quantitative estimate of drug-likeness (QED) is 0.0232. The highest BCUT2D eigenvalue weighted by Crippen LogP contribution is 2.43. The molecule has 0 aromatic heterocycles. The number of rotatable bonds is 51. The number of esters is 1. The van der Waals surface area contributed by atoms with Gasteiger partial charge in [-0.3, -0.25) is 18.6 Å². The molecule has 0 spiro atoms. The molecular weight excluding hydrogens is 838 g/mol. The van der Waals surface area contributed by atoms with Crippen molar-refractivity contribution in [2.24, 2.45) is 5.73 Å². The molecule has 0 heterocycles. The van der Waals surface area contributed by atoms with Gasteiger partial charge in [-0.2, -0.15) is 0 Å². The number of aliphatic carboxylic acids is 1. The van der Waals surface area contributed by atoms with Crippen LogP contribution in [-0.4, -0.2) is 60.5 Å². The smallest absolute Gasteiger partial charge is 0.472 e. The number of phosphoric acid groups is 1. The second kappa shape index (κ2) is 49.8. The van der Waals surface area contributed by atoms with E-state index in [-0.39, 0.29) is 13.0 Å². The number of carboxylic acid groups (broad SMARTS) is 1. The van der Waals surface area contributed by atoms with E-state index in [9.17, 15) is 19.0 Å². The minimum absolute atomic E-state index is 0.0147. The SMILES string of the molecule is CCCCC/C=C\C/C=C\CCCCCCCCCCCC(=O)OC(COCCCCCCCCCCCCCC/C=C\C/C=C\CCCCCCC)COP(=O)(O)OCC(N)C(=O)O. The Morgan fingerprint density at radius 2 is 0.846 bits per heavy atom. The molecule has 10 nitrogen and oxygen atoms in total. The molecule has 0 saturated carbocycles. The van der Waals surface area contributed by atoms with Gasteiger partial charge in [0.2, 0.25) is 0 Å². The van der Waals surface area contributed by atoms with E-state index in [4.69, 9.17) is 29.4 Å². The number of ether oxygens (including phenoxy) is 2. The summed E-state index contributed by atoms with van der Waals surface area (Å²) in [4.78, 5) is 33.7. The third kappa shape index (κ3) is 49.7. The Balaban J connectivity index is 4.11. The van der Waals surface area contributed by atoms with Gasteiger partial charge < -0.3 is 25.2 Å². The fourth-order valence-electron chi connectivity index (χ4n) is 7.43. The summed E-state index contributed by atoms with van der Waals surface area (Å²) in [6.07, 6.45) is 60.2. The van der Waals surface area contributed by atoms with Crippen LogP contribution in [-0.2, 0) is 32.7 Å². The number of hydrogen-bond acceptors (Lipinski definition) is 8. The zero-order valence-corrected chi connectivity index (χ0v) is 42.7. The first-order valence-electron chi connectivity index (χ1n) is 26.7. The van der Waals surface area contributed by atoms with Gasteiger partial charge in [-0.25, -0.2) is 4.57 Å². The second-order valence-corrected chi connectivity index (χ2v) is 19.5. The Hall–Kier alpha value is -2.07. The van der Waals surface area contributed by atoms with Crippen LogP contribution >= 0.6 is 7.82 Å². The minimum atomic E-state index is -4.63. The van der Waals surface area contributed by atoms with E-state index in [0.717, 1.165) is 57.8 Å². The largest absolute Gasteiger partial charge is 0.480 e. The molecule has 0 rings (SSSR count). The van der Waals surface area contributed by atoms with E-state index >= 15 is 0 Å². The highest BCUT2D eigenvalue weighted by Gasteiger charge is 2.27. The number of phosphoric ester groups is 1. The van der Waals surface area contributed by atoms with E-state index in [1.54, 1.807) is 0 Å². The topological polar surface area (TPSA) is 155 Å². The van der Waals surface area contributed by atoms with Crippen LogP contribution in [0.5, 0.6) is 0 Å². The molecule has 0 aliphatic rings. The molecule has 0 fully saturated rings. The lowest BCUT2D eigenvalue weighted by atomic mass is 10.0. The lowest BCUT2D eigenvalue weighted by Crippen LogP contribution is -2.34. The molecule has 0 aromatic rings. The Morgan fingerprint density at radius 3 is 1.28 bits per heavy atom. The van der Waals surface area contributed by atoms with Crippen LogP contribution in [0.2, 0.25) is 0 Å². The summed E-state index contributed by atoms with van der Waals surface area (Å²) in [5.74, 6) is -1.78. The first-order chi connectivity index (χ1) is 31.7. The summed E-state index contributed by atoms with van der Waals surface area (Å²) in [5, 5.41) is 8.94. The van der Waals surface area contributed by atoms with Crippen molar-refractivity contribution in [1.82, 2.24) is 0 Å². The van der Waals surface area contributed by atoms with Crippen molar-refractivity contribution in [2.45, 2.75) is 257 Å². The third-order valence-corrected chi connectivity index (χ3v) is 12.5. The van der Waals surface area contributed by atoms with Gasteiger partial charge in [0.25, 0.3) is 0 Å². The number of allylic oxidation sites excluding steroid dienone is 8. The van der Waals surface area contributed by atoms with Gasteiger partial charge in [0.05, 0.1) is 19.8 Å². The highest BCUT2D eigenvalue weighted by molar-refractivity contribution is 7.47. The van der Waals surface area contributed by atoms with Crippen LogP contribution in [0.3, 0.4) is 0 Å². The molecule has 0 amide bonds. The van der Waals surface area contributed by atoms with Crippen molar-refractivity contribution in [3.05, 3.63) is 48.6 Å². The molecule has 0 aliphatic heterocycles. The van der Waals surface area contributed by atoms with E-state index in [2.05, 4.69) is 62.5 Å². The number of carboxylic acids is 1. The Morgan fingerprint density at radius 1 is 0.492 bits per heavy atom. The van der Waals surface area contributed by atoms with Gasteiger partial charge in [-0.15, -0.1) is 0 Å². The standard InChI is InChI=1S/C54H100NO9P/c1-3-5-7-9-11-13-15-17-19-21-23-24-25-26-27-29-31-33-35-37-39-41-43-45-47-61-48-51(49-62-65(59,60)63-50-52(55)54(57)58)64-53(56)46-44-42-40-38-36-34-32-30-28-22-20-18-16-14-12-10-8-6-4-2/h12,14-15,17-18,20-21,23,51-52H,3-11,13,16,19,22,24-50,55H2,1-2H3,(H,57,58)(H,59,60)/b14-12-,17-15-,20-18-,23-21-. The van der Waals surface area contributed by atoms with Crippen LogP contribution in [0.15, 0.2) is 48.6 Å². The Kier molecular flexibility index (Phi) is 48.2. The Labute approximate surface area is 399 Å². The normalized spacial score (nSPS) is 14.0. The molecule has 0 saturated heterocycles. The van der Waals surface area contributed by atoms with Crippen LogP contribution in [0.4, 0.5) is 0 Å². The zero-order valence-electron chi connectivity index (χ0n) is 41.8. The number of hydrogen-bond donors (Lipinski definition) is 3. The summed E-state index contributed by atoms with van der Waals surface area (Å²) in [7, 11) is -4.63. The van der Waals surface area contributed by atoms with Gasteiger partial charge in [0, 0.05) is 13.0 Å². The molecule has 0 aliphatic carbocycles. The summed E-state index contributed by atoms with van der Waals surface area (Å²) in [6.45, 7) is 3.87. The first kappa shape index (κ1) is 62.9. The molecule has 3 atom stereocenters. The summed E-state index contributed by atoms with van der Waals surface area (Å²) in [5.41, 5.74) is 5.38. The number of carbonyl (C=O) groups is 2. The number of unbranched alkanes of at least 4 members (excludes halogenated alkanes) is 29. The van der Waals surface area contributed by atoms with Crippen molar-refractivity contribution in [3.63, 3.8) is 0 Å². The zero-order chi connectivity index (χ0) is 47.6. The van der Waals surface area contributed by atoms with Gasteiger partial charge in [-0.1, -0.05) is 210 Å². The van der Waals surface area contributed by atoms with Crippen molar-refractivity contribution in [1.29, 1.82) is 0 Å². The first-order valence-corrected chi connectivity index (χ1v) is 28.2. The van der Waals surface area contributed by atoms with Gasteiger partial charge in [0.1, 0.15) is 12.1 Å². The maximum atomic E-state index is 12.7. The molecule has 11 heteroatoms.